The SMILES string of the molecule is CCCCC=CN1C(Cn2c(SCc3ccc(F)cc3)nc(=O)c3c2CCC3)=NOC1CCC. The maximum Gasteiger partial charge on any atom is 0.277 e. The summed E-state index contributed by atoms with van der Waals surface area (Å²) < 4.78 is 15.4. The highest BCUT2D eigenvalue weighted by atomic mass is 32.2. The third-order valence-corrected chi connectivity index (χ3v) is 7.24. The summed E-state index contributed by atoms with van der Waals surface area (Å²) in [6, 6.07) is 6.46. The number of amidine groups is 1. The average Bonchev–Trinajstić information content (AvgIpc) is 3.47. The van der Waals surface area contributed by atoms with Gasteiger partial charge >= 0.3 is 0 Å². The van der Waals surface area contributed by atoms with Crippen molar-refractivity contribution in [1.29, 1.82) is 0 Å². The minimum atomic E-state index is -0.255. The molecule has 4 rings (SSSR count). The summed E-state index contributed by atoms with van der Waals surface area (Å²) in [5, 5.41) is 5.11. The van der Waals surface area contributed by atoms with Crippen molar-refractivity contribution in [3.8, 4) is 0 Å². The lowest BCUT2D eigenvalue weighted by atomic mass is 10.2. The van der Waals surface area contributed by atoms with E-state index in [1.54, 1.807) is 12.1 Å². The standard InChI is InChI=1S/C26H33FN4O2S/c1-3-5-6-7-16-30-23(29-33-24(30)9-4-2)17-31-22-11-8-10-21(22)25(32)28-26(31)34-18-19-12-14-20(27)15-13-19/h7,12-16,24H,3-6,8-11,17-18H2,1-2H3. The molecular weight excluding hydrogens is 451 g/mol. The number of hydrogen-bond donors (Lipinski definition) is 0. The first-order valence-electron chi connectivity index (χ1n) is 12.3. The quantitative estimate of drug-likeness (QED) is 0.235. The zero-order chi connectivity index (χ0) is 23.9. The molecule has 182 valence electrons. The second kappa shape index (κ2) is 11.7. The molecule has 0 radical (unpaired) electrons. The molecule has 2 aliphatic rings. The monoisotopic (exact) mass is 484 g/mol. The van der Waals surface area contributed by atoms with Crippen LogP contribution in [0.1, 0.15) is 69.2 Å². The lowest BCUT2D eigenvalue weighted by Gasteiger charge is -2.23. The Labute approximate surface area is 204 Å². The number of nitrogens with zero attached hydrogens (tertiary/aromatic N) is 4. The Hall–Kier alpha value is -2.61. The zero-order valence-corrected chi connectivity index (χ0v) is 20.8. The van der Waals surface area contributed by atoms with Crippen LogP contribution >= 0.6 is 11.8 Å². The van der Waals surface area contributed by atoms with Gasteiger partial charge < -0.3 is 9.40 Å². The second-order valence-electron chi connectivity index (χ2n) is 8.77. The van der Waals surface area contributed by atoms with E-state index in [1.807, 2.05) is 0 Å². The maximum atomic E-state index is 13.3. The lowest BCUT2D eigenvalue weighted by molar-refractivity contribution is 0.0212. The number of aromatic nitrogens is 2. The van der Waals surface area contributed by atoms with E-state index in [2.05, 4.69) is 45.7 Å². The van der Waals surface area contributed by atoms with Crippen LogP contribution in [0.3, 0.4) is 0 Å². The van der Waals surface area contributed by atoms with Crippen molar-refractivity contribution in [2.24, 2.45) is 5.16 Å². The van der Waals surface area contributed by atoms with E-state index in [0.717, 1.165) is 74.0 Å². The van der Waals surface area contributed by atoms with Gasteiger partial charge in [-0.3, -0.25) is 9.69 Å². The van der Waals surface area contributed by atoms with Gasteiger partial charge in [0.25, 0.3) is 5.56 Å². The van der Waals surface area contributed by atoms with Gasteiger partial charge in [0.2, 0.25) is 6.23 Å². The third-order valence-electron chi connectivity index (χ3n) is 6.20. The molecule has 1 aliphatic heterocycles. The summed E-state index contributed by atoms with van der Waals surface area (Å²) in [5.41, 5.74) is 2.73. The molecule has 1 atom stereocenters. The highest BCUT2D eigenvalue weighted by Gasteiger charge is 2.30. The Balaban J connectivity index is 1.60. The Morgan fingerprint density at radius 2 is 2.03 bits per heavy atom. The average molecular weight is 485 g/mol. The van der Waals surface area contributed by atoms with Crippen LogP contribution in [0.15, 0.2) is 51.6 Å². The van der Waals surface area contributed by atoms with Crippen LogP contribution in [0, 0.1) is 5.82 Å². The van der Waals surface area contributed by atoms with Gasteiger partial charge in [0, 0.05) is 29.6 Å². The molecule has 0 spiro atoms. The van der Waals surface area contributed by atoms with Crippen molar-refractivity contribution in [3.05, 3.63) is 69.5 Å². The molecule has 0 N–H and O–H groups in total. The number of fused-ring (bicyclic) bond motifs is 1. The van der Waals surface area contributed by atoms with Gasteiger partial charge in [-0.05, 0) is 43.4 Å². The number of oxime groups is 1. The third kappa shape index (κ3) is 5.71. The minimum absolute atomic E-state index is 0.103. The van der Waals surface area contributed by atoms with E-state index in [0.29, 0.717) is 17.5 Å². The summed E-state index contributed by atoms with van der Waals surface area (Å²) >= 11 is 1.50. The van der Waals surface area contributed by atoms with Crippen LogP contribution < -0.4 is 5.56 Å². The fraction of sp³-hybridized carbons (Fsp3) is 0.500. The first kappa shape index (κ1) is 24.5. The summed E-state index contributed by atoms with van der Waals surface area (Å²) in [7, 11) is 0. The summed E-state index contributed by atoms with van der Waals surface area (Å²) in [4.78, 5) is 25.1. The highest BCUT2D eigenvalue weighted by Crippen LogP contribution is 2.28. The van der Waals surface area contributed by atoms with Crippen molar-refractivity contribution < 1.29 is 9.23 Å². The van der Waals surface area contributed by atoms with Crippen LogP contribution in [0.25, 0.3) is 0 Å². The van der Waals surface area contributed by atoms with Crippen LogP contribution in [-0.4, -0.2) is 26.5 Å². The van der Waals surface area contributed by atoms with E-state index < -0.39 is 0 Å². The van der Waals surface area contributed by atoms with Crippen molar-refractivity contribution in [1.82, 2.24) is 14.5 Å². The molecule has 0 saturated heterocycles. The van der Waals surface area contributed by atoms with E-state index in [1.165, 1.54) is 23.9 Å². The molecular formula is C26H33FN4O2S. The number of thioether (sulfide) groups is 1. The number of allylic oxidation sites excluding steroid dienone is 1. The van der Waals surface area contributed by atoms with Crippen molar-refractivity contribution in [3.63, 3.8) is 0 Å². The molecule has 0 bridgehead atoms. The topological polar surface area (TPSA) is 59.7 Å². The molecule has 1 unspecified atom stereocenters. The van der Waals surface area contributed by atoms with Gasteiger partial charge in [0.1, 0.15) is 5.82 Å². The summed E-state index contributed by atoms with van der Waals surface area (Å²) in [6.07, 6.45) is 12.0. The van der Waals surface area contributed by atoms with Gasteiger partial charge in [-0.2, -0.15) is 4.98 Å². The van der Waals surface area contributed by atoms with Crippen LogP contribution in [0.5, 0.6) is 0 Å². The molecule has 1 aliphatic carbocycles. The van der Waals surface area contributed by atoms with Gasteiger partial charge in [-0.1, -0.05) is 68.2 Å². The van der Waals surface area contributed by atoms with Crippen molar-refractivity contribution in [2.45, 2.75) is 88.9 Å². The zero-order valence-electron chi connectivity index (χ0n) is 20.0. The number of benzene rings is 1. The number of halogens is 1. The number of unbranched alkanes of at least 4 members (excludes halogenated alkanes) is 2. The number of rotatable bonds is 11. The van der Waals surface area contributed by atoms with Crippen LogP contribution in [0.4, 0.5) is 4.39 Å². The first-order valence-corrected chi connectivity index (χ1v) is 13.3. The first-order chi connectivity index (χ1) is 16.6. The molecule has 6 nitrogen and oxygen atoms in total. The minimum Gasteiger partial charge on any atom is -0.368 e. The van der Waals surface area contributed by atoms with Gasteiger partial charge in [-0.25, -0.2) is 4.39 Å². The molecule has 2 aromatic rings. The summed E-state index contributed by atoms with van der Waals surface area (Å²) in [5.74, 6) is 1.18. The van der Waals surface area contributed by atoms with E-state index in [4.69, 9.17) is 4.84 Å². The molecule has 8 heteroatoms. The molecule has 2 heterocycles. The lowest BCUT2D eigenvalue weighted by Crippen LogP contribution is -2.35. The predicted octanol–water partition coefficient (Wildman–Crippen LogP) is 5.64. The van der Waals surface area contributed by atoms with Gasteiger partial charge in [-0.15, -0.1) is 0 Å². The van der Waals surface area contributed by atoms with E-state index in [9.17, 15) is 9.18 Å². The second-order valence-corrected chi connectivity index (χ2v) is 9.71. The molecule has 34 heavy (non-hydrogen) atoms. The molecule has 1 aromatic carbocycles. The van der Waals surface area contributed by atoms with Crippen LogP contribution in [0.2, 0.25) is 0 Å². The largest absolute Gasteiger partial charge is 0.368 e. The molecule has 0 fully saturated rings. The molecule has 0 amide bonds. The van der Waals surface area contributed by atoms with Gasteiger partial charge in [0.15, 0.2) is 11.0 Å². The Bertz CT molecular complexity index is 1100. The Morgan fingerprint density at radius 3 is 2.79 bits per heavy atom. The Kier molecular flexibility index (Phi) is 8.43. The summed E-state index contributed by atoms with van der Waals surface area (Å²) in [6.45, 7) is 4.83. The van der Waals surface area contributed by atoms with Gasteiger partial charge in [0.05, 0.1) is 6.54 Å². The van der Waals surface area contributed by atoms with Crippen molar-refractivity contribution >= 4 is 17.6 Å². The molecule has 1 aromatic heterocycles. The normalized spacial score (nSPS) is 17.3. The highest BCUT2D eigenvalue weighted by molar-refractivity contribution is 7.98. The molecule has 0 saturated carbocycles. The fourth-order valence-corrected chi connectivity index (χ4v) is 5.32. The number of hydrogen-bond acceptors (Lipinski definition) is 6. The predicted molar refractivity (Wildman–Crippen MR) is 134 cm³/mol. The fourth-order valence-electron chi connectivity index (χ4n) is 4.36. The van der Waals surface area contributed by atoms with E-state index in [-0.39, 0.29) is 17.6 Å². The van der Waals surface area contributed by atoms with Crippen LogP contribution in [-0.2, 0) is 30.0 Å². The Morgan fingerprint density at radius 1 is 1.21 bits per heavy atom. The maximum absolute atomic E-state index is 13.3. The van der Waals surface area contributed by atoms with Crippen molar-refractivity contribution in [2.75, 3.05) is 0 Å². The van der Waals surface area contributed by atoms with E-state index >= 15 is 0 Å². The smallest absolute Gasteiger partial charge is 0.277 e.